The van der Waals surface area contributed by atoms with Gasteiger partial charge in [-0.15, -0.1) is 0 Å². The number of barbiturate groups is 1. The van der Waals surface area contributed by atoms with Crippen molar-refractivity contribution in [2.24, 2.45) is 0 Å². The number of urea groups is 1. The van der Waals surface area contributed by atoms with Crippen molar-refractivity contribution in [1.82, 2.24) is 9.88 Å². The maximum Gasteiger partial charge on any atom is 0.335 e. The van der Waals surface area contributed by atoms with Gasteiger partial charge in [-0.05, 0) is 68.0 Å². The van der Waals surface area contributed by atoms with E-state index in [4.69, 9.17) is 4.74 Å². The summed E-state index contributed by atoms with van der Waals surface area (Å²) in [6, 6.07) is 17.4. The van der Waals surface area contributed by atoms with Crippen LogP contribution in [-0.4, -0.2) is 29.5 Å². The number of rotatable bonds is 4. The SMILES string of the molecule is COc1ccc(N2C(=O)NC(=O)C(=Cc3cc(C)n(-c4ccccc4)c3C)C2=O)cc1. The van der Waals surface area contributed by atoms with Crippen LogP contribution in [0.1, 0.15) is 17.0 Å². The number of hydrogen-bond acceptors (Lipinski definition) is 4. The molecule has 2 aromatic carbocycles. The van der Waals surface area contributed by atoms with Gasteiger partial charge in [-0.25, -0.2) is 9.69 Å². The van der Waals surface area contributed by atoms with Crippen molar-refractivity contribution in [2.75, 3.05) is 12.0 Å². The van der Waals surface area contributed by atoms with E-state index >= 15 is 0 Å². The molecule has 1 aliphatic rings. The number of amides is 4. The van der Waals surface area contributed by atoms with Gasteiger partial charge in [0.2, 0.25) is 0 Å². The van der Waals surface area contributed by atoms with Gasteiger partial charge >= 0.3 is 6.03 Å². The highest BCUT2D eigenvalue weighted by atomic mass is 16.5. The molecule has 0 unspecified atom stereocenters. The fraction of sp³-hybridized carbons (Fsp3) is 0.125. The predicted molar refractivity (Wildman–Crippen MR) is 117 cm³/mol. The Morgan fingerprint density at radius 2 is 1.58 bits per heavy atom. The van der Waals surface area contributed by atoms with Gasteiger partial charge in [-0.3, -0.25) is 14.9 Å². The lowest BCUT2D eigenvalue weighted by molar-refractivity contribution is -0.122. The van der Waals surface area contributed by atoms with Gasteiger partial charge in [-0.2, -0.15) is 0 Å². The molecule has 156 valence electrons. The molecule has 2 heterocycles. The predicted octanol–water partition coefficient (Wildman–Crippen LogP) is 3.77. The fourth-order valence-corrected chi connectivity index (χ4v) is 3.69. The minimum atomic E-state index is -0.785. The first-order valence-electron chi connectivity index (χ1n) is 9.70. The number of nitrogens with zero attached hydrogens (tertiary/aromatic N) is 2. The Morgan fingerprint density at radius 3 is 2.23 bits per heavy atom. The van der Waals surface area contributed by atoms with Crippen LogP contribution in [0.2, 0.25) is 0 Å². The van der Waals surface area contributed by atoms with E-state index in [9.17, 15) is 14.4 Å². The topological polar surface area (TPSA) is 80.6 Å². The van der Waals surface area contributed by atoms with Crippen LogP contribution >= 0.6 is 0 Å². The summed E-state index contributed by atoms with van der Waals surface area (Å²) in [5.41, 5.74) is 3.78. The number of imide groups is 2. The van der Waals surface area contributed by atoms with E-state index < -0.39 is 17.8 Å². The number of benzene rings is 2. The molecule has 1 fully saturated rings. The van der Waals surface area contributed by atoms with Crippen molar-refractivity contribution in [3.05, 3.63) is 83.2 Å². The van der Waals surface area contributed by atoms with E-state index in [0.29, 0.717) is 11.4 Å². The lowest BCUT2D eigenvalue weighted by Crippen LogP contribution is -2.54. The Labute approximate surface area is 179 Å². The zero-order valence-corrected chi connectivity index (χ0v) is 17.4. The molecule has 1 aromatic heterocycles. The second kappa shape index (κ2) is 7.95. The van der Waals surface area contributed by atoms with Crippen LogP contribution in [0.4, 0.5) is 10.5 Å². The average molecular weight is 415 g/mol. The maximum atomic E-state index is 13.1. The second-order valence-corrected chi connectivity index (χ2v) is 7.15. The van der Waals surface area contributed by atoms with Gasteiger partial charge < -0.3 is 9.30 Å². The number of hydrogen-bond donors (Lipinski definition) is 1. The third kappa shape index (κ3) is 3.61. The van der Waals surface area contributed by atoms with Crippen LogP contribution < -0.4 is 15.0 Å². The van der Waals surface area contributed by atoms with E-state index in [2.05, 4.69) is 5.32 Å². The molecule has 0 radical (unpaired) electrons. The second-order valence-electron chi connectivity index (χ2n) is 7.15. The quantitative estimate of drug-likeness (QED) is 0.520. The van der Waals surface area contributed by atoms with Gasteiger partial charge in [0.1, 0.15) is 11.3 Å². The summed E-state index contributed by atoms with van der Waals surface area (Å²) in [5, 5.41) is 2.25. The molecule has 4 amide bonds. The Morgan fingerprint density at radius 1 is 0.903 bits per heavy atom. The lowest BCUT2D eigenvalue weighted by atomic mass is 10.1. The molecule has 0 atom stereocenters. The zero-order valence-electron chi connectivity index (χ0n) is 17.4. The molecule has 1 N–H and O–H groups in total. The molecule has 1 saturated heterocycles. The molecule has 31 heavy (non-hydrogen) atoms. The summed E-state index contributed by atoms with van der Waals surface area (Å²) in [5.74, 6) is -0.804. The zero-order chi connectivity index (χ0) is 22.1. The number of anilines is 1. The van der Waals surface area contributed by atoms with Crippen LogP contribution in [0.5, 0.6) is 5.75 Å². The van der Waals surface area contributed by atoms with E-state index in [1.807, 2.05) is 54.8 Å². The molecule has 1 aliphatic heterocycles. The molecule has 0 bridgehead atoms. The first-order valence-corrected chi connectivity index (χ1v) is 9.70. The molecule has 0 aliphatic carbocycles. The number of aryl methyl sites for hydroxylation is 1. The monoisotopic (exact) mass is 415 g/mol. The first kappa shape index (κ1) is 20.2. The van der Waals surface area contributed by atoms with Crippen molar-refractivity contribution >= 4 is 29.6 Å². The van der Waals surface area contributed by atoms with Crippen LogP contribution in [0.25, 0.3) is 11.8 Å². The third-order valence-corrected chi connectivity index (χ3v) is 5.22. The maximum absolute atomic E-state index is 13.1. The number of carbonyl (C=O) groups is 3. The Balaban J connectivity index is 1.74. The Kier molecular flexibility index (Phi) is 5.17. The number of ether oxygens (including phenoxy) is 1. The molecule has 3 aromatic rings. The summed E-state index contributed by atoms with van der Waals surface area (Å²) in [4.78, 5) is 38.9. The fourth-order valence-electron chi connectivity index (χ4n) is 3.69. The van der Waals surface area contributed by atoms with Gasteiger partial charge in [0, 0.05) is 17.1 Å². The van der Waals surface area contributed by atoms with Crippen LogP contribution in [-0.2, 0) is 9.59 Å². The van der Waals surface area contributed by atoms with Gasteiger partial charge in [0.25, 0.3) is 11.8 Å². The van der Waals surface area contributed by atoms with E-state index in [0.717, 1.165) is 27.5 Å². The van der Waals surface area contributed by atoms with Crippen molar-refractivity contribution in [1.29, 1.82) is 0 Å². The van der Waals surface area contributed by atoms with Crippen molar-refractivity contribution in [2.45, 2.75) is 13.8 Å². The molecule has 7 heteroatoms. The highest BCUT2D eigenvalue weighted by Crippen LogP contribution is 2.27. The summed E-state index contributed by atoms with van der Waals surface area (Å²) in [6.45, 7) is 3.88. The molecule has 7 nitrogen and oxygen atoms in total. The molecule has 0 saturated carbocycles. The Hall–Kier alpha value is -4.13. The van der Waals surface area contributed by atoms with E-state index in [1.165, 1.54) is 13.2 Å². The van der Waals surface area contributed by atoms with E-state index in [-0.39, 0.29) is 5.57 Å². The number of carbonyl (C=O) groups excluding carboxylic acids is 3. The van der Waals surface area contributed by atoms with Crippen molar-refractivity contribution < 1.29 is 19.1 Å². The minimum absolute atomic E-state index is 0.108. The first-order chi connectivity index (χ1) is 14.9. The Bertz CT molecular complexity index is 1210. The lowest BCUT2D eigenvalue weighted by Gasteiger charge is -2.26. The van der Waals surface area contributed by atoms with Crippen LogP contribution in [0.15, 0.2) is 66.2 Å². The van der Waals surface area contributed by atoms with E-state index in [1.54, 1.807) is 24.3 Å². The third-order valence-electron chi connectivity index (χ3n) is 5.22. The largest absolute Gasteiger partial charge is 0.497 e. The minimum Gasteiger partial charge on any atom is -0.497 e. The average Bonchev–Trinajstić information content (AvgIpc) is 3.05. The molecular formula is C24H21N3O4. The standard InChI is InChI=1S/C24H21N3O4/c1-15-13-17(16(2)26(15)18-7-5-4-6-8-18)14-21-22(28)25-24(30)27(23(21)29)19-9-11-20(31-3)12-10-19/h4-14H,1-3H3,(H,25,28,30). The van der Waals surface area contributed by atoms with Crippen molar-refractivity contribution in [3.8, 4) is 11.4 Å². The summed E-state index contributed by atoms with van der Waals surface area (Å²) in [6.07, 6.45) is 1.53. The van der Waals surface area contributed by atoms with Gasteiger partial charge in [0.15, 0.2) is 0 Å². The number of methoxy groups -OCH3 is 1. The van der Waals surface area contributed by atoms with Gasteiger partial charge in [0.05, 0.1) is 12.8 Å². The van der Waals surface area contributed by atoms with Crippen LogP contribution in [0.3, 0.4) is 0 Å². The molecule has 4 rings (SSSR count). The highest BCUT2D eigenvalue weighted by molar-refractivity contribution is 6.39. The number of aromatic nitrogens is 1. The highest BCUT2D eigenvalue weighted by Gasteiger charge is 2.37. The number of nitrogens with one attached hydrogen (secondary N) is 1. The summed E-state index contributed by atoms with van der Waals surface area (Å²) < 4.78 is 7.16. The van der Waals surface area contributed by atoms with Crippen molar-refractivity contribution in [3.63, 3.8) is 0 Å². The normalized spacial score (nSPS) is 15.4. The van der Waals surface area contributed by atoms with Gasteiger partial charge in [-0.1, -0.05) is 18.2 Å². The molecule has 0 spiro atoms. The molecular weight excluding hydrogens is 394 g/mol. The smallest absolute Gasteiger partial charge is 0.335 e. The summed E-state index contributed by atoms with van der Waals surface area (Å²) in [7, 11) is 1.53. The number of para-hydroxylation sites is 1. The van der Waals surface area contributed by atoms with Crippen LogP contribution in [0, 0.1) is 13.8 Å². The summed E-state index contributed by atoms with van der Waals surface area (Å²) >= 11 is 0.